The summed E-state index contributed by atoms with van der Waals surface area (Å²) in [4.78, 5) is 11.5. The van der Waals surface area contributed by atoms with Crippen LogP contribution in [-0.2, 0) is 4.79 Å². The average Bonchev–Trinajstić information content (AvgIpc) is 3.46. The Morgan fingerprint density at radius 2 is 1.21 bits per heavy atom. The molecule has 7 aromatic carbocycles. The number of benzene rings is 7. The van der Waals surface area contributed by atoms with Crippen molar-refractivity contribution in [3.8, 4) is 17.2 Å². The number of carboxylic acids is 1. The van der Waals surface area contributed by atoms with Gasteiger partial charge in [-0.3, -0.25) is 0 Å². The van der Waals surface area contributed by atoms with Gasteiger partial charge in [-0.1, -0.05) is 126 Å². The Bertz CT molecular complexity index is 2670. The fourth-order valence-corrected chi connectivity index (χ4v) is 8.05. The van der Waals surface area contributed by atoms with Gasteiger partial charge in [-0.25, -0.2) is 4.79 Å². The van der Waals surface area contributed by atoms with Gasteiger partial charge in [0.15, 0.2) is 0 Å². The van der Waals surface area contributed by atoms with Crippen LogP contribution in [-0.4, -0.2) is 11.1 Å². The quantitative estimate of drug-likeness (QED) is 0.0828. The summed E-state index contributed by atoms with van der Waals surface area (Å²) in [5.41, 5.74) is 16.2. The average molecular weight is 672 g/mol. The van der Waals surface area contributed by atoms with Crippen LogP contribution in [0.1, 0.15) is 67.1 Å². The fraction of sp³-hybridized carbons (Fsp3) is 0.102. The lowest BCUT2D eigenvalue weighted by Crippen LogP contribution is -2.00. The molecule has 8 rings (SSSR count). The van der Waals surface area contributed by atoms with Gasteiger partial charge in [-0.2, -0.15) is 5.26 Å². The monoisotopic (exact) mass is 671 g/mol. The molecule has 0 radical (unpaired) electrons. The maximum atomic E-state index is 11.5. The molecule has 0 saturated heterocycles. The molecule has 0 aromatic heterocycles. The van der Waals surface area contributed by atoms with Crippen LogP contribution in [0.3, 0.4) is 0 Å². The summed E-state index contributed by atoms with van der Waals surface area (Å²) in [5, 5.41) is 23.5. The van der Waals surface area contributed by atoms with Crippen LogP contribution in [0.4, 0.5) is 0 Å². The third-order valence-corrected chi connectivity index (χ3v) is 10.5. The van der Waals surface area contributed by atoms with Crippen molar-refractivity contribution in [1.82, 2.24) is 0 Å². The summed E-state index contributed by atoms with van der Waals surface area (Å²) in [5.74, 6) is -1.18. The molecule has 7 aromatic rings. The Hall–Kier alpha value is -6.50. The Balaban J connectivity index is 1.20. The third-order valence-electron chi connectivity index (χ3n) is 10.5. The minimum Gasteiger partial charge on any atom is -0.477 e. The summed E-state index contributed by atoms with van der Waals surface area (Å²) >= 11 is 0. The van der Waals surface area contributed by atoms with E-state index in [1.165, 1.54) is 83.3 Å². The number of fused-ring (bicyclic) bond motifs is 6. The molecule has 1 aliphatic carbocycles. The van der Waals surface area contributed by atoms with Crippen LogP contribution in [0, 0.1) is 39.0 Å². The molecule has 0 saturated carbocycles. The lowest BCUT2D eigenvalue weighted by molar-refractivity contribution is -0.132. The number of carbonyl (C=O) groups is 1. The van der Waals surface area contributed by atoms with E-state index in [0.717, 1.165) is 16.7 Å². The number of hydrogen-bond donors (Lipinski definition) is 1. The Morgan fingerprint density at radius 1 is 0.615 bits per heavy atom. The molecule has 0 aliphatic heterocycles. The second-order valence-electron chi connectivity index (χ2n) is 14.1. The van der Waals surface area contributed by atoms with Crippen molar-refractivity contribution >= 4 is 45.2 Å². The van der Waals surface area contributed by atoms with Gasteiger partial charge in [-0.05, 0) is 140 Å². The van der Waals surface area contributed by atoms with Gasteiger partial charge < -0.3 is 5.11 Å². The number of nitriles is 1. The SMILES string of the molecule is Cc1ccc(C(=Cc2ccc3c(ccc4cc(C5c6ccccc6-c6cc(/C=C(\C#N)C(=O)O)ccc65)ccc43)c2)c2ccc(C)cc2C)c(C)c1. The lowest BCUT2D eigenvalue weighted by Gasteiger charge is -2.17. The smallest absolute Gasteiger partial charge is 0.346 e. The molecule has 0 bridgehead atoms. The largest absolute Gasteiger partial charge is 0.477 e. The lowest BCUT2D eigenvalue weighted by atomic mass is 9.87. The molecule has 3 heteroatoms. The molecule has 1 atom stereocenters. The zero-order chi connectivity index (χ0) is 36.1. The Labute approximate surface area is 304 Å². The second kappa shape index (κ2) is 13.0. The number of carboxylic acid groups (broad SMARTS) is 1. The number of nitrogens with zero attached hydrogens (tertiary/aromatic N) is 1. The highest BCUT2D eigenvalue weighted by Crippen LogP contribution is 2.49. The van der Waals surface area contributed by atoms with Gasteiger partial charge in [0.1, 0.15) is 11.6 Å². The highest BCUT2D eigenvalue weighted by atomic mass is 16.4. The Kier molecular flexibility index (Phi) is 8.17. The van der Waals surface area contributed by atoms with Gasteiger partial charge in [0.2, 0.25) is 0 Å². The predicted molar refractivity (Wildman–Crippen MR) is 214 cm³/mol. The maximum absolute atomic E-state index is 11.5. The van der Waals surface area contributed by atoms with Gasteiger partial charge in [-0.15, -0.1) is 0 Å². The normalized spacial score (nSPS) is 13.4. The second-order valence-corrected chi connectivity index (χ2v) is 14.1. The molecule has 0 spiro atoms. The summed E-state index contributed by atoms with van der Waals surface area (Å²) in [7, 11) is 0. The number of aliphatic carboxylic acids is 1. The minimum absolute atomic E-state index is 0.0423. The number of aryl methyl sites for hydroxylation is 4. The zero-order valence-electron chi connectivity index (χ0n) is 29.7. The maximum Gasteiger partial charge on any atom is 0.346 e. The molecule has 52 heavy (non-hydrogen) atoms. The molecule has 250 valence electrons. The zero-order valence-corrected chi connectivity index (χ0v) is 29.7. The van der Waals surface area contributed by atoms with Crippen molar-refractivity contribution in [1.29, 1.82) is 5.26 Å². The predicted octanol–water partition coefficient (Wildman–Crippen LogP) is 12.0. The molecular formula is C49H37NO2. The first kappa shape index (κ1) is 32.7. The molecular weight excluding hydrogens is 635 g/mol. The minimum atomic E-state index is -1.22. The van der Waals surface area contributed by atoms with E-state index in [1.54, 1.807) is 6.07 Å². The number of hydrogen-bond acceptors (Lipinski definition) is 2. The van der Waals surface area contributed by atoms with E-state index in [1.807, 2.05) is 18.2 Å². The van der Waals surface area contributed by atoms with Crippen LogP contribution in [0.2, 0.25) is 0 Å². The van der Waals surface area contributed by atoms with Crippen LogP contribution in [0.5, 0.6) is 0 Å². The van der Waals surface area contributed by atoms with Gasteiger partial charge in [0.25, 0.3) is 0 Å². The molecule has 1 N–H and O–H groups in total. The summed E-state index contributed by atoms with van der Waals surface area (Å²) in [6.45, 7) is 8.69. The standard InChI is InChI=1S/C49H37NO2/c1-29-9-16-39(31(3)21-29)46(40-17-10-30(2)22-32(40)4)25-33-11-18-41-35(23-33)13-14-36-27-37(15-20-42(36)41)48-44-8-6-5-7-43(44)47-26-34(12-19-45(47)48)24-38(28-50)49(51)52/h5-27,48H,1-4H3,(H,51,52)/b38-24+. The molecule has 0 amide bonds. The van der Waals surface area contributed by atoms with Crippen molar-refractivity contribution in [2.24, 2.45) is 0 Å². The van der Waals surface area contributed by atoms with E-state index in [9.17, 15) is 15.2 Å². The van der Waals surface area contributed by atoms with Crippen LogP contribution >= 0.6 is 0 Å². The molecule has 1 unspecified atom stereocenters. The molecule has 0 fully saturated rings. The first-order valence-corrected chi connectivity index (χ1v) is 17.6. The highest BCUT2D eigenvalue weighted by molar-refractivity contribution is 6.09. The highest BCUT2D eigenvalue weighted by Gasteiger charge is 2.30. The van der Waals surface area contributed by atoms with Crippen molar-refractivity contribution in [2.75, 3.05) is 0 Å². The van der Waals surface area contributed by atoms with E-state index >= 15 is 0 Å². The third kappa shape index (κ3) is 5.79. The van der Waals surface area contributed by atoms with Gasteiger partial charge >= 0.3 is 5.97 Å². The van der Waals surface area contributed by atoms with Crippen LogP contribution in [0.25, 0.3) is 50.4 Å². The van der Waals surface area contributed by atoms with Crippen LogP contribution < -0.4 is 0 Å². The van der Waals surface area contributed by atoms with Gasteiger partial charge in [0, 0.05) is 5.92 Å². The van der Waals surface area contributed by atoms with Crippen molar-refractivity contribution in [3.63, 3.8) is 0 Å². The number of rotatable bonds is 6. The molecule has 3 nitrogen and oxygen atoms in total. The van der Waals surface area contributed by atoms with Gasteiger partial charge in [0.05, 0.1) is 0 Å². The summed E-state index contributed by atoms with van der Waals surface area (Å²) < 4.78 is 0. The first-order valence-electron chi connectivity index (χ1n) is 17.6. The Morgan fingerprint density at radius 3 is 1.87 bits per heavy atom. The van der Waals surface area contributed by atoms with Crippen molar-refractivity contribution in [2.45, 2.75) is 33.6 Å². The van der Waals surface area contributed by atoms with E-state index in [4.69, 9.17) is 0 Å². The summed E-state index contributed by atoms with van der Waals surface area (Å²) in [6, 6.07) is 47.7. The van der Waals surface area contributed by atoms with Crippen molar-refractivity contribution in [3.05, 3.63) is 194 Å². The van der Waals surface area contributed by atoms with E-state index in [-0.39, 0.29) is 11.5 Å². The topological polar surface area (TPSA) is 61.1 Å². The van der Waals surface area contributed by atoms with E-state index in [0.29, 0.717) is 5.56 Å². The van der Waals surface area contributed by atoms with E-state index in [2.05, 4.69) is 143 Å². The van der Waals surface area contributed by atoms with Crippen LogP contribution in [0.15, 0.2) is 133 Å². The summed E-state index contributed by atoms with van der Waals surface area (Å²) in [6.07, 6.45) is 3.77. The van der Waals surface area contributed by atoms with Crippen molar-refractivity contribution < 1.29 is 9.90 Å². The van der Waals surface area contributed by atoms with E-state index < -0.39 is 5.97 Å². The molecule has 0 heterocycles. The fourth-order valence-electron chi connectivity index (χ4n) is 8.05. The first-order chi connectivity index (χ1) is 25.2. The molecule has 1 aliphatic rings.